The molecule has 0 radical (unpaired) electrons. The zero-order valence-electron chi connectivity index (χ0n) is 16.1. The highest BCUT2D eigenvalue weighted by Crippen LogP contribution is 2.48. The normalized spacial score (nSPS) is 30.1. The van der Waals surface area contributed by atoms with Gasteiger partial charge in [-0.15, -0.1) is 0 Å². The van der Waals surface area contributed by atoms with Crippen LogP contribution in [0, 0.1) is 17.8 Å². The summed E-state index contributed by atoms with van der Waals surface area (Å²) in [4.78, 5) is 38.9. The highest BCUT2D eigenvalue weighted by atomic mass is 16.4. The Balaban J connectivity index is 1.89. The molecule has 1 heterocycles. The van der Waals surface area contributed by atoms with Gasteiger partial charge in [0.15, 0.2) is 0 Å². The SMILES string of the molecule is CCC(C)C(C(=O)O)N1C(=O)C2CCC(C)(c3ccc(N)cc3)CC2C1=O. The largest absolute Gasteiger partial charge is 0.480 e. The first kappa shape index (κ1) is 19.4. The summed E-state index contributed by atoms with van der Waals surface area (Å²) in [5, 5.41) is 9.65. The number of imide groups is 1. The molecule has 3 rings (SSSR count). The third-order valence-electron chi connectivity index (χ3n) is 6.59. The monoisotopic (exact) mass is 372 g/mol. The number of rotatable bonds is 5. The molecule has 2 aliphatic rings. The quantitative estimate of drug-likeness (QED) is 0.611. The lowest BCUT2D eigenvalue weighted by Crippen LogP contribution is -2.49. The maximum absolute atomic E-state index is 13.1. The average molecular weight is 372 g/mol. The fraction of sp³-hybridized carbons (Fsp3) is 0.571. The number of carbonyl (C=O) groups is 3. The number of nitrogens with zero attached hydrogens (tertiary/aromatic N) is 1. The van der Waals surface area contributed by atoms with E-state index >= 15 is 0 Å². The Bertz CT molecular complexity index is 760. The molecule has 0 bridgehead atoms. The summed E-state index contributed by atoms with van der Waals surface area (Å²) < 4.78 is 0. The minimum Gasteiger partial charge on any atom is -0.480 e. The third kappa shape index (κ3) is 3.22. The van der Waals surface area contributed by atoms with E-state index in [1.807, 2.05) is 31.2 Å². The molecule has 5 unspecified atom stereocenters. The van der Waals surface area contributed by atoms with Crippen molar-refractivity contribution >= 4 is 23.5 Å². The predicted octanol–water partition coefficient (Wildman–Crippen LogP) is 2.81. The van der Waals surface area contributed by atoms with E-state index in [1.54, 1.807) is 6.92 Å². The molecule has 0 spiro atoms. The van der Waals surface area contributed by atoms with Gasteiger partial charge in [0, 0.05) is 5.69 Å². The summed E-state index contributed by atoms with van der Waals surface area (Å²) in [5.74, 6) is -2.86. The first-order valence-electron chi connectivity index (χ1n) is 9.65. The number of benzene rings is 1. The zero-order chi connectivity index (χ0) is 19.9. The van der Waals surface area contributed by atoms with E-state index in [2.05, 4.69) is 6.92 Å². The van der Waals surface area contributed by atoms with Gasteiger partial charge in [-0.25, -0.2) is 4.79 Å². The Kier molecular flexibility index (Phi) is 5.02. The number of carbonyl (C=O) groups excluding carboxylic acids is 2. The molecule has 0 aromatic heterocycles. The second-order valence-corrected chi connectivity index (χ2v) is 8.35. The molecule has 5 atom stereocenters. The van der Waals surface area contributed by atoms with Crippen LogP contribution in [0.25, 0.3) is 0 Å². The number of fused-ring (bicyclic) bond motifs is 1. The Labute approximate surface area is 159 Å². The molecular weight excluding hydrogens is 344 g/mol. The van der Waals surface area contributed by atoms with Crippen molar-refractivity contribution in [1.82, 2.24) is 4.90 Å². The molecule has 6 heteroatoms. The first-order chi connectivity index (χ1) is 12.7. The molecule has 1 saturated carbocycles. The van der Waals surface area contributed by atoms with E-state index in [1.165, 1.54) is 0 Å². The van der Waals surface area contributed by atoms with Crippen LogP contribution >= 0.6 is 0 Å². The lowest BCUT2D eigenvalue weighted by molar-refractivity contribution is -0.157. The Morgan fingerprint density at radius 2 is 1.85 bits per heavy atom. The van der Waals surface area contributed by atoms with E-state index < -0.39 is 23.8 Å². The van der Waals surface area contributed by atoms with Crippen LogP contribution in [0.15, 0.2) is 24.3 Å². The van der Waals surface area contributed by atoms with Gasteiger partial charge in [-0.05, 0) is 48.3 Å². The van der Waals surface area contributed by atoms with E-state index in [-0.39, 0.29) is 23.1 Å². The van der Waals surface area contributed by atoms with Crippen LogP contribution in [-0.4, -0.2) is 33.8 Å². The average Bonchev–Trinajstić information content (AvgIpc) is 2.86. The van der Waals surface area contributed by atoms with Crippen LogP contribution < -0.4 is 5.73 Å². The molecular formula is C21H28N2O4. The standard InChI is InChI=1S/C21H28N2O4/c1-4-12(2)17(20(26)27)23-18(24)15-9-10-21(3,11-16(15)19(23)25)13-5-7-14(22)8-6-13/h5-8,12,15-17H,4,9-11,22H2,1-3H3,(H,26,27). The van der Waals surface area contributed by atoms with Crippen molar-refractivity contribution in [3.05, 3.63) is 29.8 Å². The molecule has 146 valence electrons. The van der Waals surface area contributed by atoms with Crippen LogP contribution in [0.1, 0.15) is 52.0 Å². The van der Waals surface area contributed by atoms with E-state index in [0.717, 1.165) is 16.9 Å². The van der Waals surface area contributed by atoms with E-state index in [4.69, 9.17) is 5.73 Å². The third-order valence-corrected chi connectivity index (χ3v) is 6.59. The van der Waals surface area contributed by atoms with Gasteiger partial charge < -0.3 is 10.8 Å². The molecule has 1 saturated heterocycles. The summed E-state index contributed by atoms with van der Waals surface area (Å²) in [6, 6.07) is 6.58. The number of hydrogen-bond donors (Lipinski definition) is 2. The molecule has 1 aromatic rings. The number of aliphatic carboxylic acids is 1. The van der Waals surface area contributed by atoms with Crippen LogP contribution in [0.5, 0.6) is 0 Å². The predicted molar refractivity (Wildman–Crippen MR) is 102 cm³/mol. The summed E-state index contributed by atoms with van der Waals surface area (Å²) in [6.45, 7) is 5.76. The minimum atomic E-state index is -1.11. The maximum Gasteiger partial charge on any atom is 0.327 e. The molecule has 1 aromatic carbocycles. The smallest absolute Gasteiger partial charge is 0.327 e. The van der Waals surface area contributed by atoms with Gasteiger partial charge >= 0.3 is 5.97 Å². The molecule has 1 aliphatic carbocycles. The number of hydrogen-bond acceptors (Lipinski definition) is 4. The number of carboxylic acid groups (broad SMARTS) is 1. The number of likely N-dealkylation sites (tertiary alicyclic amines) is 1. The molecule has 2 amide bonds. The van der Waals surface area contributed by atoms with Crippen LogP contribution in [0.4, 0.5) is 5.69 Å². The van der Waals surface area contributed by atoms with Crippen LogP contribution in [-0.2, 0) is 19.8 Å². The Morgan fingerprint density at radius 3 is 2.41 bits per heavy atom. The highest BCUT2D eigenvalue weighted by Gasteiger charge is 2.56. The van der Waals surface area contributed by atoms with Gasteiger partial charge in [-0.2, -0.15) is 0 Å². The van der Waals surface area contributed by atoms with E-state index in [0.29, 0.717) is 24.9 Å². The summed E-state index contributed by atoms with van der Waals surface area (Å²) in [7, 11) is 0. The van der Waals surface area contributed by atoms with Gasteiger partial charge in [0.05, 0.1) is 11.8 Å². The second-order valence-electron chi connectivity index (χ2n) is 8.35. The lowest BCUT2D eigenvalue weighted by atomic mass is 9.64. The minimum absolute atomic E-state index is 0.226. The fourth-order valence-corrected chi connectivity index (χ4v) is 4.68. The van der Waals surface area contributed by atoms with Gasteiger partial charge in [0.1, 0.15) is 6.04 Å². The maximum atomic E-state index is 13.1. The highest BCUT2D eigenvalue weighted by molar-refractivity contribution is 6.07. The molecule has 6 nitrogen and oxygen atoms in total. The van der Waals surface area contributed by atoms with Crippen molar-refractivity contribution < 1.29 is 19.5 Å². The van der Waals surface area contributed by atoms with Crippen LogP contribution in [0.3, 0.4) is 0 Å². The topological polar surface area (TPSA) is 101 Å². The molecule has 27 heavy (non-hydrogen) atoms. The van der Waals surface area contributed by atoms with Crippen molar-refractivity contribution in [1.29, 1.82) is 0 Å². The van der Waals surface area contributed by atoms with Crippen molar-refractivity contribution in [2.45, 2.75) is 57.9 Å². The molecule has 2 fully saturated rings. The number of nitrogen functional groups attached to an aromatic ring is 1. The fourth-order valence-electron chi connectivity index (χ4n) is 4.68. The summed E-state index contributed by atoms with van der Waals surface area (Å²) >= 11 is 0. The van der Waals surface area contributed by atoms with Crippen molar-refractivity contribution in [3.63, 3.8) is 0 Å². The zero-order valence-corrected chi connectivity index (χ0v) is 16.1. The number of nitrogens with two attached hydrogens (primary N) is 1. The number of carboxylic acids is 1. The van der Waals surface area contributed by atoms with Crippen molar-refractivity contribution in [2.75, 3.05) is 5.73 Å². The van der Waals surface area contributed by atoms with Gasteiger partial charge in [-0.3, -0.25) is 14.5 Å². The van der Waals surface area contributed by atoms with E-state index in [9.17, 15) is 19.5 Å². The molecule has 3 N–H and O–H groups in total. The van der Waals surface area contributed by atoms with Gasteiger partial charge in [-0.1, -0.05) is 39.3 Å². The first-order valence-corrected chi connectivity index (χ1v) is 9.65. The number of amides is 2. The Hall–Kier alpha value is -2.37. The second kappa shape index (κ2) is 6.98. The van der Waals surface area contributed by atoms with Crippen molar-refractivity contribution in [2.24, 2.45) is 17.8 Å². The summed E-state index contributed by atoms with van der Waals surface area (Å²) in [5.41, 5.74) is 7.35. The van der Waals surface area contributed by atoms with Gasteiger partial charge in [0.2, 0.25) is 11.8 Å². The van der Waals surface area contributed by atoms with Crippen molar-refractivity contribution in [3.8, 4) is 0 Å². The molecule has 1 aliphatic heterocycles. The number of anilines is 1. The Morgan fingerprint density at radius 1 is 1.26 bits per heavy atom. The summed E-state index contributed by atoms with van der Waals surface area (Å²) in [6.07, 6.45) is 2.52. The van der Waals surface area contributed by atoms with Crippen LogP contribution in [0.2, 0.25) is 0 Å². The lowest BCUT2D eigenvalue weighted by Gasteiger charge is -2.38. The van der Waals surface area contributed by atoms with Gasteiger partial charge in [0.25, 0.3) is 0 Å².